The Labute approximate surface area is 59.7 Å². The van der Waals surface area contributed by atoms with Crippen molar-refractivity contribution in [3.05, 3.63) is 0 Å². The zero-order valence-corrected chi connectivity index (χ0v) is 3.72. The minimum atomic E-state index is 0. The third-order valence-corrected chi connectivity index (χ3v) is 0.566. The summed E-state index contributed by atoms with van der Waals surface area (Å²) in [5.74, 6) is 0. The minimum absolute atomic E-state index is 0. The molecule has 0 rings (SSSR count). The van der Waals surface area contributed by atoms with E-state index in [1.54, 1.807) is 0 Å². The van der Waals surface area contributed by atoms with E-state index in [1.807, 2.05) is 0 Å². The summed E-state index contributed by atoms with van der Waals surface area (Å²) in [7, 11) is 0. The highest BCUT2D eigenvalue weighted by Crippen LogP contribution is 1.80. The summed E-state index contributed by atoms with van der Waals surface area (Å²) in [4.78, 5) is 0. The van der Waals surface area contributed by atoms with Gasteiger partial charge in [0, 0.05) is 13.2 Å². The molecule has 0 aromatic carbocycles. The lowest BCUT2D eigenvalue weighted by molar-refractivity contribution is 0.242. The maximum Gasteiger partial charge on any atom is 0.316 e. The second-order valence-electron chi connectivity index (χ2n) is 1.15. The van der Waals surface area contributed by atoms with Crippen LogP contribution in [0.2, 0.25) is 0 Å². The second kappa shape index (κ2) is 9.84. The summed E-state index contributed by atoms with van der Waals surface area (Å²) < 4.78 is 0. The molecule has 0 atom stereocenters. The third kappa shape index (κ3) is 10.8. The second-order valence-corrected chi connectivity index (χ2v) is 1.15. The third-order valence-electron chi connectivity index (χ3n) is 0.566. The van der Waals surface area contributed by atoms with Crippen molar-refractivity contribution >= 4 is 23.1 Å². The van der Waals surface area contributed by atoms with E-state index in [0.29, 0.717) is 0 Å². The maximum absolute atomic E-state index is 8.09. The van der Waals surface area contributed by atoms with Crippen molar-refractivity contribution in [1.82, 2.24) is 0 Å². The van der Waals surface area contributed by atoms with E-state index in [0.717, 1.165) is 12.8 Å². The highest BCUT2D eigenvalue weighted by molar-refractivity contribution is 5.75. The van der Waals surface area contributed by atoms with E-state index in [9.17, 15) is 0 Å². The van der Waals surface area contributed by atoms with Crippen LogP contribution < -0.4 is 0 Å². The van der Waals surface area contributed by atoms with Crippen molar-refractivity contribution in [2.75, 3.05) is 13.2 Å². The van der Waals surface area contributed by atoms with Crippen LogP contribution in [0.3, 0.4) is 0 Å². The lowest BCUT2D eigenvalue weighted by Crippen LogP contribution is -1.85. The summed E-state index contributed by atoms with van der Waals surface area (Å²) >= 11 is 0. The topological polar surface area (TPSA) is 40.5 Å². The van der Waals surface area contributed by atoms with Crippen molar-refractivity contribution in [2.24, 2.45) is 0 Å². The molecular weight excluding hydrogens is 104 g/mol. The highest BCUT2D eigenvalue weighted by atomic mass is 24.3. The Hall–Kier alpha value is 0.686. The fraction of sp³-hybridized carbons (Fsp3) is 1.00. The lowest BCUT2D eigenvalue weighted by Gasteiger charge is -1.85. The van der Waals surface area contributed by atoms with Gasteiger partial charge in [0.2, 0.25) is 0 Å². The SMILES string of the molecule is OCCCCO.[MgH2]. The van der Waals surface area contributed by atoms with Crippen LogP contribution in [0.4, 0.5) is 0 Å². The number of aliphatic hydroxyl groups excluding tert-OH is 2. The van der Waals surface area contributed by atoms with Crippen molar-refractivity contribution in [3.63, 3.8) is 0 Å². The standard InChI is InChI=1S/C4H10O2.Mg.2H/c5-3-1-2-4-6;;;/h5-6H,1-4H2;;;. The fourth-order valence-corrected chi connectivity index (χ4v) is 0.224. The number of hydrogen-bond donors (Lipinski definition) is 2. The minimum Gasteiger partial charge on any atom is -0.396 e. The van der Waals surface area contributed by atoms with Gasteiger partial charge in [0.1, 0.15) is 0 Å². The average Bonchev–Trinajstić information content (AvgIpc) is 1.61. The molecule has 0 bridgehead atoms. The van der Waals surface area contributed by atoms with Crippen LogP contribution in [0.1, 0.15) is 12.8 Å². The Morgan fingerprint density at radius 2 is 1.14 bits per heavy atom. The summed E-state index contributed by atoms with van der Waals surface area (Å²) in [6, 6.07) is 0. The van der Waals surface area contributed by atoms with Gasteiger partial charge in [-0.15, -0.1) is 0 Å². The molecule has 7 heavy (non-hydrogen) atoms. The molecule has 42 valence electrons. The molecule has 2 N–H and O–H groups in total. The van der Waals surface area contributed by atoms with Gasteiger partial charge in [-0.1, -0.05) is 0 Å². The molecule has 0 aliphatic rings. The van der Waals surface area contributed by atoms with Crippen molar-refractivity contribution in [2.45, 2.75) is 12.8 Å². The normalized spacial score (nSPS) is 7.71. The van der Waals surface area contributed by atoms with Gasteiger partial charge in [0.05, 0.1) is 0 Å². The van der Waals surface area contributed by atoms with Gasteiger partial charge in [-0.25, -0.2) is 0 Å². The Balaban J connectivity index is 0. The van der Waals surface area contributed by atoms with Gasteiger partial charge in [-0.05, 0) is 12.8 Å². The van der Waals surface area contributed by atoms with Crippen molar-refractivity contribution in [1.29, 1.82) is 0 Å². The zero-order valence-electron chi connectivity index (χ0n) is 3.72. The first-order valence-electron chi connectivity index (χ1n) is 2.13. The van der Waals surface area contributed by atoms with Crippen molar-refractivity contribution in [3.8, 4) is 0 Å². The van der Waals surface area contributed by atoms with E-state index < -0.39 is 0 Å². The smallest absolute Gasteiger partial charge is 0.316 e. The van der Waals surface area contributed by atoms with E-state index >= 15 is 0 Å². The number of aliphatic hydroxyl groups is 2. The number of unbranched alkanes of at least 4 members (excludes halogenated alkanes) is 1. The highest BCUT2D eigenvalue weighted by Gasteiger charge is 1.77. The summed E-state index contributed by atoms with van der Waals surface area (Å²) in [5.41, 5.74) is 0. The Bertz CT molecular complexity index is 21.7. The summed E-state index contributed by atoms with van der Waals surface area (Å²) in [5, 5.41) is 16.2. The van der Waals surface area contributed by atoms with E-state index in [4.69, 9.17) is 10.2 Å². The molecule has 0 saturated heterocycles. The van der Waals surface area contributed by atoms with Crippen LogP contribution in [0, 0.1) is 0 Å². The van der Waals surface area contributed by atoms with E-state index in [-0.39, 0.29) is 36.3 Å². The van der Waals surface area contributed by atoms with Crippen LogP contribution in [-0.4, -0.2) is 46.5 Å². The first-order valence-corrected chi connectivity index (χ1v) is 2.13. The molecule has 0 radical (unpaired) electrons. The molecule has 2 nitrogen and oxygen atoms in total. The molecular formula is C4H12MgO2. The molecule has 0 unspecified atom stereocenters. The van der Waals surface area contributed by atoms with Gasteiger partial charge >= 0.3 is 23.1 Å². The van der Waals surface area contributed by atoms with Gasteiger partial charge < -0.3 is 10.2 Å². The van der Waals surface area contributed by atoms with Crippen LogP contribution in [-0.2, 0) is 0 Å². The molecule has 0 spiro atoms. The van der Waals surface area contributed by atoms with Crippen molar-refractivity contribution < 1.29 is 10.2 Å². The first kappa shape index (κ1) is 10.6. The Kier molecular flexibility index (Phi) is 14.9. The van der Waals surface area contributed by atoms with Crippen LogP contribution in [0.5, 0.6) is 0 Å². The fourth-order valence-electron chi connectivity index (χ4n) is 0.224. The molecule has 0 aromatic rings. The predicted molar refractivity (Wildman–Crippen MR) is 31.9 cm³/mol. The van der Waals surface area contributed by atoms with Crippen LogP contribution in [0.25, 0.3) is 0 Å². The lowest BCUT2D eigenvalue weighted by atomic mass is 10.3. The molecule has 0 fully saturated rings. The number of hydrogen-bond acceptors (Lipinski definition) is 2. The monoisotopic (exact) mass is 116 g/mol. The van der Waals surface area contributed by atoms with Crippen LogP contribution in [0.15, 0.2) is 0 Å². The van der Waals surface area contributed by atoms with Gasteiger partial charge in [-0.2, -0.15) is 0 Å². The predicted octanol–water partition coefficient (Wildman–Crippen LogP) is -1.17. The summed E-state index contributed by atoms with van der Waals surface area (Å²) in [6.07, 6.45) is 1.44. The largest absolute Gasteiger partial charge is 0.396 e. The number of rotatable bonds is 3. The maximum atomic E-state index is 8.09. The van der Waals surface area contributed by atoms with Gasteiger partial charge in [0.25, 0.3) is 0 Å². The van der Waals surface area contributed by atoms with E-state index in [1.165, 1.54) is 0 Å². The molecule has 0 aliphatic carbocycles. The molecule has 0 heterocycles. The first-order chi connectivity index (χ1) is 2.91. The molecule has 0 aliphatic heterocycles. The molecule has 3 heteroatoms. The Morgan fingerprint density at radius 1 is 0.857 bits per heavy atom. The van der Waals surface area contributed by atoms with Gasteiger partial charge in [-0.3, -0.25) is 0 Å². The molecule has 0 amide bonds. The quantitative estimate of drug-likeness (QED) is 0.361. The summed E-state index contributed by atoms with van der Waals surface area (Å²) in [6.45, 7) is 0.390. The van der Waals surface area contributed by atoms with Gasteiger partial charge in [0.15, 0.2) is 0 Å². The molecule has 0 aromatic heterocycles. The zero-order chi connectivity index (χ0) is 4.83. The average molecular weight is 116 g/mol. The van der Waals surface area contributed by atoms with Crippen LogP contribution >= 0.6 is 0 Å². The Morgan fingerprint density at radius 3 is 1.29 bits per heavy atom. The molecule has 0 saturated carbocycles. The van der Waals surface area contributed by atoms with E-state index in [2.05, 4.69) is 0 Å².